The van der Waals surface area contributed by atoms with Gasteiger partial charge in [0, 0.05) is 54.4 Å². The molecular weight excluding hydrogens is 961 g/mol. The van der Waals surface area contributed by atoms with Crippen molar-refractivity contribution in [1.82, 2.24) is 50.0 Å². The lowest BCUT2D eigenvalue weighted by Gasteiger charge is -2.32. The van der Waals surface area contributed by atoms with Gasteiger partial charge in [-0.15, -0.1) is 0 Å². The van der Waals surface area contributed by atoms with Crippen LogP contribution in [0.3, 0.4) is 0 Å². The summed E-state index contributed by atoms with van der Waals surface area (Å²) in [5, 5.41) is 15.2. The Morgan fingerprint density at radius 3 is 1.93 bits per heavy atom. The number of rotatable bonds is 21. The quantitative estimate of drug-likeness (QED) is 0.0584. The van der Waals surface area contributed by atoms with Gasteiger partial charge in [0.1, 0.15) is 36.1 Å². The summed E-state index contributed by atoms with van der Waals surface area (Å²) in [6, 6.07) is 18.4. The van der Waals surface area contributed by atoms with E-state index in [0.29, 0.717) is 90.7 Å². The number of ether oxygens (including phenoxy) is 3. The number of aryl methyl sites for hydroxylation is 4. The van der Waals surface area contributed by atoms with Crippen LogP contribution >= 0.6 is 0 Å². The number of anilines is 2. The molecule has 386 valence electrons. The van der Waals surface area contributed by atoms with Gasteiger partial charge in [-0.05, 0) is 83.1 Å². The fourth-order valence-corrected chi connectivity index (χ4v) is 9.44. The summed E-state index contributed by atoms with van der Waals surface area (Å²) < 4.78 is 31.4. The number of carbonyl (C=O) groups excluding carboxylic acids is 3. The van der Waals surface area contributed by atoms with Crippen molar-refractivity contribution >= 4 is 62.4 Å². The third-order valence-corrected chi connectivity index (χ3v) is 13.2. The zero-order valence-corrected chi connectivity index (χ0v) is 42.8. The molecular formula is C54H56N12O9. The minimum absolute atomic E-state index is 0.115. The number of nitrogens with one attached hydrogen (secondary N) is 2. The molecule has 9 aromatic rings. The van der Waals surface area contributed by atoms with Crippen LogP contribution in [0.1, 0.15) is 47.3 Å². The molecule has 75 heavy (non-hydrogen) atoms. The fraction of sp³-hybridized carbons (Fsp3) is 0.296. The Kier molecular flexibility index (Phi) is 15.0. The standard InChI is InChI=1S/C54H56N12O9/c1-31-50(34(4)74-61-31)39-21-42-37(23-46(39)71-7)52(63(6)33(3)41-14-10-12-16-56-41)44(25-59-42)64(30-67)28-48(68)57-17-19-73-20-18-58-49(69)29-65-45-26-60-43-22-40(51-32(2)62-75-35(51)5)47(72-8)24-38(43)53(45)66(54(65)70)27-36-13-9-11-15-55-36/h9-16,21-26,30,33H,17-20,27-29H2,1-8H3,(H,57,68)(H,58,69). The van der Waals surface area contributed by atoms with Crippen molar-refractivity contribution in [3.05, 3.63) is 130 Å². The van der Waals surface area contributed by atoms with Crippen molar-refractivity contribution in [3.8, 4) is 33.8 Å². The van der Waals surface area contributed by atoms with Gasteiger partial charge < -0.3 is 43.7 Å². The van der Waals surface area contributed by atoms with Crippen molar-refractivity contribution < 1.29 is 37.6 Å². The smallest absolute Gasteiger partial charge is 0.330 e. The van der Waals surface area contributed by atoms with E-state index in [1.54, 1.807) is 49.6 Å². The molecule has 0 aliphatic carbocycles. The number of fused-ring (bicyclic) bond motifs is 4. The van der Waals surface area contributed by atoms with E-state index < -0.39 is 17.5 Å². The van der Waals surface area contributed by atoms with Gasteiger partial charge in [-0.1, -0.05) is 22.4 Å². The summed E-state index contributed by atoms with van der Waals surface area (Å²) >= 11 is 0. The first-order valence-electron chi connectivity index (χ1n) is 24.1. The summed E-state index contributed by atoms with van der Waals surface area (Å²) in [5.74, 6) is 1.47. The van der Waals surface area contributed by atoms with Crippen LogP contribution in [0.4, 0.5) is 11.4 Å². The van der Waals surface area contributed by atoms with Gasteiger partial charge in [0.2, 0.25) is 18.2 Å². The predicted octanol–water partition coefficient (Wildman–Crippen LogP) is 6.41. The highest BCUT2D eigenvalue weighted by Crippen LogP contribution is 2.44. The van der Waals surface area contributed by atoms with Crippen molar-refractivity contribution in [3.63, 3.8) is 0 Å². The van der Waals surface area contributed by atoms with Crippen LogP contribution < -0.4 is 35.6 Å². The predicted molar refractivity (Wildman–Crippen MR) is 281 cm³/mol. The van der Waals surface area contributed by atoms with Gasteiger partial charge in [-0.3, -0.25) is 43.5 Å². The van der Waals surface area contributed by atoms with Gasteiger partial charge in [0.25, 0.3) is 0 Å². The number of hydrogen-bond donors (Lipinski definition) is 2. The lowest BCUT2D eigenvalue weighted by molar-refractivity contribution is -0.122. The lowest BCUT2D eigenvalue weighted by atomic mass is 9.99. The maximum atomic E-state index is 14.2. The molecule has 3 amide bonds. The number of nitrogens with zero attached hydrogens (tertiary/aromatic N) is 10. The van der Waals surface area contributed by atoms with Crippen LogP contribution in [0.15, 0.2) is 99.3 Å². The molecule has 0 aliphatic heterocycles. The number of carbonyl (C=O) groups is 3. The molecule has 0 spiro atoms. The van der Waals surface area contributed by atoms with Crippen LogP contribution in [-0.2, 0) is 32.2 Å². The van der Waals surface area contributed by atoms with E-state index in [1.807, 2.05) is 101 Å². The SMILES string of the molecule is COc1cc2c(N(C)C(C)c3ccccn3)c(N(C=O)CC(=O)NCCOCCNC(=O)Cn3c(=O)n(Cc4ccccn4)c4c5cc(OC)c(-c6c(C)noc6C)cc5ncc43)cnc2cc1-c1c(C)noc1C. The summed E-state index contributed by atoms with van der Waals surface area (Å²) in [7, 11) is 5.04. The molecule has 0 fully saturated rings. The zero-order valence-electron chi connectivity index (χ0n) is 42.8. The van der Waals surface area contributed by atoms with Gasteiger partial charge in [-0.2, -0.15) is 0 Å². The first-order valence-corrected chi connectivity index (χ1v) is 24.1. The average Bonchev–Trinajstić information content (AvgIpc) is 4.05. The monoisotopic (exact) mass is 1020 g/mol. The highest BCUT2D eigenvalue weighted by atomic mass is 16.5. The van der Waals surface area contributed by atoms with Gasteiger partial charge in [0.15, 0.2) is 0 Å². The van der Waals surface area contributed by atoms with E-state index >= 15 is 0 Å². The van der Waals surface area contributed by atoms with Gasteiger partial charge >= 0.3 is 5.69 Å². The van der Waals surface area contributed by atoms with E-state index in [9.17, 15) is 19.2 Å². The summed E-state index contributed by atoms with van der Waals surface area (Å²) in [5.41, 5.74) is 8.74. The Hall–Kier alpha value is -8.98. The molecule has 7 heterocycles. The number of imidazole rings is 1. The van der Waals surface area contributed by atoms with Crippen molar-refractivity contribution in [1.29, 1.82) is 0 Å². The highest BCUT2D eigenvalue weighted by Gasteiger charge is 2.27. The topological polar surface area (TPSA) is 240 Å². The van der Waals surface area contributed by atoms with Crippen molar-refractivity contribution in [2.45, 2.75) is 53.8 Å². The molecule has 1 atom stereocenters. The first kappa shape index (κ1) is 50.9. The molecule has 0 radical (unpaired) electrons. The number of benzene rings is 2. The largest absolute Gasteiger partial charge is 0.496 e. The second-order valence-corrected chi connectivity index (χ2v) is 17.9. The normalized spacial score (nSPS) is 11.8. The van der Waals surface area contributed by atoms with Gasteiger partial charge in [0.05, 0.1) is 120 Å². The highest BCUT2D eigenvalue weighted by molar-refractivity contribution is 6.06. The summed E-state index contributed by atoms with van der Waals surface area (Å²) in [4.78, 5) is 75.9. The minimum atomic E-state index is -0.439. The molecule has 1 unspecified atom stereocenters. The molecule has 0 aliphatic rings. The van der Waals surface area contributed by atoms with E-state index in [0.717, 1.165) is 27.9 Å². The average molecular weight is 1020 g/mol. The molecule has 21 nitrogen and oxygen atoms in total. The van der Waals surface area contributed by atoms with Crippen LogP contribution in [0.25, 0.3) is 55.1 Å². The first-order chi connectivity index (χ1) is 36.3. The third-order valence-electron chi connectivity index (χ3n) is 13.2. The number of hydrogen-bond acceptors (Lipinski definition) is 16. The van der Waals surface area contributed by atoms with Crippen LogP contribution in [0.2, 0.25) is 0 Å². The van der Waals surface area contributed by atoms with Gasteiger partial charge in [-0.25, -0.2) is 4.79 Å². The maximum Gasteiger partial charge on any atom is 0.330 e. The molecule has 2 N–H and O–H groups in total. The second-order valence-electron chi connectivity index (χ2n) is 17.9. The maximum absolute atomic E-state index is 14.2. The lowest BCUT2D eigenvalue weighted by Crippen LogP contribution is -2.39. The Balaban J connectivity index is 0.854. The van der Waals surface area contributed by atoms with Crippen LogP contribution in [0, 0.1) is 27.7 Å². The Bertz CT molecular complexity index is 3590. The number of pyridine rings is 4. The van der Waals surface area contributed by atoms with E-state index in [4.69, 9.17) is 33.2 Å². The summed E-state index contributed by atoms with van der Waals surface area (Å²) in [6.07, 6.45) is 7.14. The Morgan fingerprint density at radius 1 is 0.760 bits per heavy atom. The molecule has 0 saturated carbocycles. The molecule has 2 aromatic carbocycles. The van der Waals surface area contributed by atoms with Crippen LogP contribution in [-0.4, -0.2) is 112 Å². The molecule has 0 saturated heterocycles. The number of amides is 3. The van der Waals surface area contributed by atoms with Crippen molar-refractivity contribution in [2.24, 2.45) is 0 Å². The molecule has 21 heteroatoms. The third kappa shape index (κ3) is 10.2. The molecule has 7 aromatic heterocycles. The Labute approximate surface area is 430 Å². The molecule has 9 rings (SSSR count). The van der Waals surface area contributed by atoms with E-state index in [2.05, 4.69) is 30.9 Å². The number of methoxy groups -OCH3 is 2. The zero-order chi connectivity index (χ0) is 52.9. The fourth-order valence-electron chi connectivity index (χ4n) is 9.44. The van der Waals surface area contributed by atoms with E-state index in [-0.39, 0.29) is 52.0 Å². The molecule has 0 bridgehead atoms. The van der Waals surface area contributed by atoms with Crippen molar-refractivity contribution in [2.75, 3.05) is 63.9 Å². The second kappa shape index (κ2) is 22.0. The Morgan fingerprint density at radius 2 is 1.36 bits per heavy atom. The van der Waals surface area contributed by atoms with E-state index in [1.165, 1.54) is 9.47 Å². The van der Waals surface area contributed by atoms with Crippen LogP contribution in [0.5, 0.6) is 11.5 Å². The number of aromatic nitrogens is 8. The summed E-state index contributed by atoms with van der Waals surface area (Å²) in [6.45, 7) is 9.38. The minimum Gasteiger partial charge on any atom is -0.496 e.